The minimum atomic E-state index is 0.185. The molecule has 0 bridgehead atoms. The zero-order valence-electron chi connectivity index (χ0n) is 9.29. The van der Waals surface area contributed by atoms with E-state index in [1.54, 1.807) is 36.5 Å². The Morgan fingerprint density at radius 2 is 2.11 bits per heavy atom. The summed E-state index contributed by atoms with van der Waals surface area (Å²) in [4.78, 5) is 3.91. The van der Waals surface area contributed by atoms with Crippen molar-refractivity contribution in [3.63, 3.8) is 0 Å². The molecule has 0 amide bonds. The molecule has 0 aliphatic rings. The van der Waals surface area contributed by atoms with Crippen molar-refractivity contribution < 1.29 is 9.52 Å². The van der Waals surface area contributed by atoms with Crippen LogP contribution >= 0.6 is 0 Å². The van der Waals surface area contributed by atoms with Gasteiger partial charge in [0.1, 0.15) is 23.2 Å². The minimum absolute atomic E-state index is 0.185. The maximum absolute atomic E-state index is 9.41. The standard InChI is InChI=1S/C14H8N2O2/c15-7-10-8-16-4-3-12(10)14-6-9-5-11(17)1-2-13(9)18-14/h1-6,8,17H. The topological polar surface area (TPSA) is 70.0 Å². The zero-order chi connectivity index (χ0) is 12.5. The molecule has 0 spiro atoms. The number of hydrogen-bond acceptors (Lipinski definition) is 4. The molecule has 86 valence electrons. The number of nitriles is 1. The van der Waals surface area contributed by atoms with E-state index < -0.39 is 0 Å². The van der Waals surface area contributed by atoms with E-state index in [0.717, 1.165) is 5.39 Å². The van der Waals surface area contributed by atoms with E-state index in [1.807, 2.05) is 0 Å². The van der Waals surface area contributed by atoms with E-state index in [4.69, 9.17) is 9.68 Å². The Labute approximate surface area is 103 Å². The molecule has 3 rings (SSSR count). The summed E-state index contributed by atoms with van der Waals surface area (Å²) in [5.41, 5.74) is 1.83. The average molecular weight is 236 g/mol. The van der Waals surface area contributed by atoms with Crippen molar-refractivity contribution in [1.29, 1.82) is 5.26 Å². The molecule has 18 heavy (non-hydrogen) atoms. The highest BCUT2D eigenvalue weighted by Crippen LogP contribution is 2.31. The van der Waals surface area contributed by atoms with Crippen LogP contribution in [0.1, 0.15) is 5.56 Å². The molecule has 4 nitrogen and oxygen atoms in total. The predicted molar refractivity (Wildman–Crippen MR) is 65.8 cm³/mol. The van der Waals surface area contributed by atoms with Crippen LogP contribution in [-0.4, -0.2) is 10.1 Å². The van der Waals surface area contributed by atoms with Crippen molar-refractivity contribution in [2.24, 2.45) is 0 Å². The van der Waals surface area contributed by atoms with Crippen LogP contribution in [0, 0.1) is 11.3 Å². The third-order valence-electron chi connectivity index (χ3n) is 2.71. The van der Waals surface area contributed by atoms with Gasteiger partial charge in [0, 0.05) is 23.3 Å². The second-order valence-corrected chi connectivity index (χ2v) is 3.87. The van der Waals surface area contributed by atoms with Crippen molar-refractivity contribution in [2.45, 2.75) is 0 Å². The molecule has 0 saturated carbocycles. The van der Waals surface area contributed by atoms with Crippen LogP contribution in [0.4, 0.5) is 0 Å². The predicted octanol–water partition coefficient (Wildman–Crippen LogP) is 3.07. The first-order valence-electron chi connectivity index (χ1n) is 5.35. The second-order valence-electron chi connectivity index (χ2n) is 3.87. The number of pyridine rings is 1. The molecule has 2 aromatic heterocycles. The average Bonchev–Trinajstić information content (AvgIpc) is 2.81. The highest BCUT2D eigenvalue weighted by Gasteiger charge is 2.10. The molecular formula is C14H8N2O2. The normalized spacial score (nSPS) is 10.4. The number of rotatable bonds is 1. The van der Waals surface area contributed by atoms with E-state index in [-0.39, 0.29) is 5.75 Å². The van der Waals surface area contributed by atoms with Gasteiger partial charge in [0.05, 0.1) is 5.56 Å². The van der Waals surface area contributed by atoms with Crippen LogP contribution in [0.3, 0.4) is 0 Å². The van der Waals surface area contributed by atoms with Gasteiger partial charge in [0.2, 0.25) is 0 Å². The van der Waals surface area contributed by atoms with Gasteiger partial charge in [-0.25, -0.2) is 0 Å². The van der Waals surface area contributed by atoms with Gasteiger partial charge >= 0.3 is 0 Å². The van der Waals surface area contributed by atoms with Gasteiger partial charge in [0.15, 0.2) is 0 Å². The van der Waals surface area contributed by atoms with E-state index in [0.29, 0.717) is 22.5 Å². The molecule has 1 aromatic carbocycles. The summed E-state index contributed by atoms with van der Waals surface area (Å²) in [7, 11) is 0. The number of aromatic nitrogens is 1. The number of furan rings is 1. The Balaban J connectivity index is 2.23. The Morgan fingerprint density at radius 1 is 1.22 bits per heavy atom. The van der Waals surface area contributed by atoms with Gasteiger partial charge in [-0.05, 0) is 30.3 Å². The number of hydrogen-bond donors (Lipinski definition) is 1. The maximum atomic E-state index is 9.41. The largest absolute Gasteiger partial charge is 0.508 e. The van der Waals surface area contributed by atoms with Gasteiger partial charge in [-0.1, -0.05) is 0 Å². The fourth-order valence-corrected chi connectivity index (χ4v) is 1.86. The molecule has 0 saturated heterocycles. The van der Waals surface area contributed by atoms with Gasteiger partial charge < -0.3 is 9.52 Å². The van der Waals surface area contributed by atoms with Crippen molar-refractivity contribution in [3.8, 4) is 23.1 Å². The molecule has 0 radical (unpaired) electrons. The van der Waals surface area contributed by atoms with E-state index in [2.05, 4.69) is 11.1 Å². The van der Waals surface area contributed by atoms with Crippen molar-refractivity contribution in [3.05, 3.63) is 48.3 Å². The van der Waals surface area contributed by atoms with Crippen molar-refractivity contribution in [2.75, 3.05) is 0 Å². The lowest BCUT2D eigenvalue weighted by Gasteiger charge is -1.97. The zero-order valence-corrected chi connectivity index (χ0v) is 9.29. The molecule has 2 heterocycles. The van der Waals surface area contributed by atoms with Crippen LogP contribution < -0.4 is 0 Å². The number of phenols is 1. The molecule has 0 atom stereocenters. The number of phenolic OH excluding ortho intramolecular Hbond substituents is 1. The van der Waals surface area contributed by atoms with Crippen LogP contribution in [0.25, 0.3) is 22.3 Å². The molecule has 0 fully saturated rings. The van der Waals surface area contributed by atoms with E-state index >= 15 is 0 Å². The number of aromatic hydroxyl groups is 1. The first-order valence-corrected chi connectivity index (χ1v) is 5.35. The summed E-state index contributed by atoms with van der Waals surface area (Å²) >= 11 is 0. The smallest absolute Gasteiger partial charge is 0.136 e. The monoisotopic (exact) mass is 236 g/mol. The molecule has 1 N–H and O–H groups in total. The number of benzene rings is 1. The summed E-state index contributed by atoms with van der Waals surface area (Å²) < 4.78 is 5.66. The summed E-state index contributed by atoms with van der Waals surface area (Å²) in [6.45, 7) is 0. The van der Waals surface area contributed by atoms with Gasteiger partial charge in [-0.15, -0.1) is 0 Å². The summed E-state index contributed by atoms with van der Waals surface area (Å²) in [6.07, 6.45) is 3.11. The third-order valence-corrected chi connectivity index (χ3v) is 2.71. The van der Waals surface area contributed by atoms with Crippen LogP contribution in [0.15, 0.2) is 47.1 Å². The van der Waals surface area contributed by atoms with E-state index in [9.17, 15) is 5.11 Å². The minimum Gasteiger partial charge on any atom is -0.508 e. The molecule has 4 heteroatoms. The Bertz CT molecular complexity index is 769. The summed E-state index contributed by atoms with van der Waals surface area (Å²) in [5, 5.41) is 19.2. The lowest BCUT2D eigenvalue weighted by molar-refractivity contribution is 0.476. The first kappa shape index (κ1) is 10.4. The van der Waals surface area contributed by atoms with Crippen LogP contribution in [-0.2, 0) is 0 Å². The third kappa shape index (κ3) is 1.59. The number of fused-ring (bicyclic) bond motifs is 1. The fourth-order valence-electron chi connectivity index (χ4n) is 1.86. The molecule has 3 aromatic rings. The summed E-state index contributed by atoms with van der Waals surface area (Å²) in [6, 6.07) is 10.5. The summed E-state index contributed by atoms with van der Waals surface area (Å²) in [5.74, 6) is 0.777. The lowest BCUT2D eigenvalue weighted by atomic mass is 10.1. The molecular weight excluding hydrogens is 228 g/mol. The Morgan fingerprint density at radius 3 is 2.94 bits per heavy atom. The quantitative estimate of drug-likeness (QED) is 0.704. The van der Waals surface area contributed by atoms with Crippen molar-refractivity contribution in [1.82, 2.24) is 4.98 Å². The van der Waals surface area contributed by atoms with Gasteiger partial charge in [-0.2, -0.15) is 5.26 Å². The SMILES string of the molecule is N#Cc1cnccc1-c1cc2cc(O)ccc2o1. The fraction of sp³-hybridized carbons (Fsp3) is 0. The molecule has 0 unspecified atom stereocenters. The van der Waals surface area contributed by atoms with E-state index in [1.165, 1.54) is 6.20 Å². The van der Waals surface area contributed by atoms with Crippen LogP contribution in [0.5, 0.6) is 5.75 Å². The second kappa shape index (κ2) is 3.90. The van der Waals surface area contributed by atoms with Gasteiger partial charge in [-0.3, -0.25) is 4.98 Å². The highest BCUT2D eigenvalue weighted by molar-refractivity contribution is 5.84. The lowest BCUT2D eigenvalue weighted by Crippen LogP contribution is -1.83. The molecule has 0 aliphatic carbocycles. The Hall–Kier alpha value is -2.80. The highest BCUT2D eigenvalue weighted by atomic mass is 16.3. The Kier molecular flexibility index (Phi) is 2.24. The van der Waals surface area contributed by atoms with Crippen LogP contribution in [0.2, 0.25) is 0 Å². The van der Waals surface area contributed by atoms with Gasteiger partial charge in [0.25, 0.3) is 0 Å². The first-order chi connectivity index (χ1) is 8.78. The van der Waals surface area contributed by atoms with Crippen molar-refractivity contribution >= 4 is 11.0 Å². The molecule has 0 aliphatic heterocycles. The maximum Gasteiger partial charge on any atom is 0.136 e. The number of nitrogens with zero attached hydrogens (tertiary/aromatic N) is 2.